The van der Waals surface area contributed by atoms with Crippen molar-refractivity contribution in [2.45, 2.75) is 6.18 Å². The molecule has 0 amide bonds. The third-order valence-corrected chi connectivity index (χ3v) is 2.10. The quantitative estimate of drug-likeness (QED) is 0.830. The number of carboxylic acid groups (broad SMARTS) is 1. The maximum absolute atomic E-state index is 12.5. The Hall–Kier alpha value is -2.63. The zero-order chi connectivity index (χ0) is 13.5. The van der Waals surface area contributed by atoms with Crippen LogP contribution in [0.3, 0.4) is 0 Å². The van der Waals surface area contributed by atoms with Gasteiger partial charge in [-0.1, -0.05) is 0 Å². The zero-order valence-electron chi connectivity index (χ0n) is 8.43. The predicted octanol–water partition coefficient (Wildman–Crippen LogP) is 1.32. The van der Waals surface area contributed by atoms with Crippen LogP contribution in [0.15, 0.2) is 12.3 Å². The van der Waals surface area contributed by atoms with Gasteiger partial charge in [0.05, 0.1) is 6.20 Å². The highest BCUT2D eigenvalue weighted by Gasteiger charge is 2.35. The van der Waals surface area contributed by atoms with Crippen molar-refractivity contribution >= 4 is 11.6 Å². The second-order valence-corrected chi connectivity index (χ2v) is 3.23. The molecule has 0 aliphatic rings. The lowest BCUT2D eigenvalue weighted by atomic mass is 10.3. The first-order valence-electron chi connectivity index (χ1n) is 4.44. The lowest BCUT2D eigenvalue weighted by Gasteiger charge is -2.07. The first-order valence-corrected chi connectivity index (χ1v) is 4.44. The van der Waals surface area contributed by atoms with Gasteiger partial charge in [-0.2, -0.15) is 23.5 Å². The minimum Gasteiger partial charge on any atom is -0.477 e. The summed E-state index contributed by atoms with van der Waals surface area (Å²) in [6, 6.07) is 1.95. The van der Waals surface area contributed by atoms with E-state index in [4.69, 9.17) is 10.4 Å². The van der Waals surface area contributed by atoms with Crippen molar-refractivity contribution in [2.75, 3.05) is 0 Å². The van der Waals surface area contributed by atoms with E-state index < -0.39 is 29.2 Å². The summed E-state index contributed by atoms with van der Waals surface area (Å²) >= 11 is 0. The number of aromatic carboxylic acids is 1. The van der Waals surface area contributed by atoms with Gasteiger partial charge in [0.1, 0.15) is 17.3 Å². The van der Waals surface area contributed by atoms with E-state index in [0.717, 1.165) is 6.20 Å². The van der Waals surface area contributed by atoms with Crippen molar-refractivity contribution < 1.29 is 23.1 Å². The van der Waals surface area contributed by atoms with Crippen molar-refractivity contribution in [3.63, 3.8) is 0 Å². The second kappa shape index (κ2) is 3.69. The second-order valence-electron chi connectivity index (χ2n) is 3.23. The summed E-state index contributed by atoms with van der Waals surface area (Å²) in [6.07, 6.45) is -3.85. The van der Waals surface area contributed by atoms with Gasteiger partial charge in [-0.25, -0.2) is 14.3 Å². The van der Waals surface area contributed by atoms with E-state index in [1.54, 1.807) is 6.07 Å². The highest BCUT2D eigenvalue weighted by atomic mass is 19.4. The lowest BCUT2D eigenvalue weighted by molar-refractivity contribution is -0.141. The summed E-state index contributed by atoms with van der Waals surface area (Å²) in [4.78, 5) is 14.1. The fourth-order valence-corrected chi connectivity index (χ4v) is 1.34. The van der Waals surface area contributed by atoms with Gasteiger partial charge in [0.2, 0.25) is 0 Å². The van der Waals surface area contributed by atoms with Crippen molar-refractivity contribution in [3.05, 3.63) is 29.2 Å². The fourth-order valence-electron chi connectivity index (χ4n) is 1.34. The number of hydrogen-bond donors (Lipinski definition) is 1. The number of hydrogen-bond acceptors (Lipinski definition) is 4. The highest BCUT2D eigenvalue weighted by molar-refractivity contribution is 5.86. The first-order chi connectivity index (χ1) is 8.34. The van der Waals surface area contributed by atoms with Crippen LogP contribution < -0.4 is 0 Å². The number of nitrogens with zero attached hydrogens (tertiary/aromatic N) is 4. The van der Waals surface area contributed by atoms with Gasteiger partial charge in [-0.3, -0.25) is 0 Å². The van der Waals surface area contributed by atoms with Crippen LogP contribution in [0.25, 0.3) is 5.65 Å². The number of fused-ring (bicyclic) bond motifs is 1. The smallest absolute Gasteiger partial charge is 0.433 e. The molecule has 0 fully saturated rings. The number of aromatic nitrogens is 3. The van der Waals surface area contributed by atoms with E-state index in [2.05, 4.69) is 10.1 Å². The molecule has 9 heteroatoms. The number of rotatable bonds is 1. The topological polar surface area (TPSA) is 91.3 Å². The molecule has 0 spiro atoms. The minimum absolute atomic E-state index is 0.233. The SMILES string of the molecule is N#Cc1cnn2c(C(=O)O)cc(C(F)(F)F)nc12. The van der Waals surface area contributed by atoms with Crippen molar-refractivity contribution in [1.82, 2.24) is 14.6 Å². The molecule has 0 unspecified atom stereocenters. The van der Waals surface area contributed by atoms with Crippen LogP contribution in [0.5, 0.6) is 0 Å². The Morgan fingerprint density at radius 1 is 1.50 bits per heavy atom. The maximum Gasteiger partial charge on any atom is 0.433 e. The molecule has 2 aromatic heterocycles. The molecule has 0 saturated heterocycles. The molecule has 0 saturated carbocycles. The molecule has 92 valence electrons. The standard InChI is InChI=1S/C9H3F3N4O2/c10-9(11,12)6-1-5(8(17)18)16-7(15-6)4(2-13)3-14-16/h1,3H,(H,17,18). The van der Waals surface area contributed by atoms with Crippen LogP contribution in [0.1, 0.15) is 21.7 Å². The Kier molecular flexibility index (Phi) is 2.43. The molecule has 1 N–H and O–H groups in total. The largest absolute Gasteiger partial charge is 0.477 e. The van der Waals surface area contributed by atoms with Crippen LogP contribution in [-0.4, -0.2) is 25.7 Å². The molecule has 2 heterocycles. The van der Waals surface area contributed by atoms with Gasteiger partial charge in [0.15, 0.2) is 11.3 Å². The van der Waals surface area contributed by atoms with Gasteiger partial charge in [0.25, 0.3) is 0 Å². The number of carbonyl (C=O) groups is 1. The highest BCUT2D eigenvalue weighted by Crippen LogP contribution is 2.29. The fraction of sp³-hybridized carbons (Fsp3) is 0.111. The Morgan fingerprint density at radius 3 is 2.67 bits per heavy atom. The molecule has 6 nitrogen and oxygen atoms in total. The van der Waals surface area contributed by atoms with Crippen LogP contribution in [0.2, 0.25) is 0 Å². The average molecular weight is 256 g/mol. The Bertz CT molecular complexity index is 683. The summed E-state index contributed by atoms with van der Waals surface area (Å²) in [5.41, 5.74) is -2.77. The number of nitriles is 1. The normalized spacial score (nSPS) is 11.4. The van der Waals surface area contributed by atoms with E-state index in [1.165, 1.54) is 0 Å². The third kappa shape index (κ3) is 1.73. The first kappa shape index (κ1) is 11.8. The summed E-state index contributed by atoms with van der Waals surface area (Å²) in [6.45, 7) is 0. The zero-order valence-corrected chi connectivity index (χ0v) is 8.43. The maximum atomic E-state index is 12.5. The Balaban J connectivity index is 2.87. The summed E-state index contributed by atoms with van der Waals surface area (Å²) in [5.74, 6) is -1.60. The monoisotopic (exact) mass is 256 g/mol. The molecular weight excluding hydrogens is 253 g/mol. The molecular formula is C9H3F3N4O2. The summed E-state index contributed by atoms with van der Waals surface area (Å²) in [5, 5.41) is 21.0. The number of alkyl halides is 3. The van der Waals surface area contributed by atoms with E-state index in [9.17, 15) is 18.0 Å². The lowest BCUT2D eigenvalue weighted by Crippen LogP contribution is -2.15. The summed E-state index contributed by atoms with van der Waals surface area (Å²) in [7, 11) is 0. The molecule has 2 rings (SSSR count). The average Bonchev–Trinajstić information content (AvgIpc) is 2.68. The predicted molar refractivity (Wildman–Crippen MR) is 49.7 cm³/mol. The van der Waals surface area contributed by atoms with Crippen LogP contribution >= 0.6 is 0 Å². The molecule has 0 aliphatic heterocycles. The minimum atomic E-state index is -4.80. The molecule has 2 aromatic rings. The van der Waals surface area contributed by atoms with Gasteiger partial charge in [0, 0.05) is 6.07 Å². The van der Waals surface area contributed by atoms with Gasteiger partial charge >= 0.3 is 12.1 Å². The Morgan fingerprint density at radius 2 is 2.17 bits per heavy atom. The van der Waals surface area contributed by atoms with Gasteiger partial charge < -0.3 is 5.11 Å². The molecule has 0 aromatic carbocycles. The summed E-state index contributed by atoms with van der Waals surface area (Å²) < 4.78 is 38.3. The molecule has 0 aliphatic carbocycles. The van der Waals surface area contributed by atoms with Crippen LogP contribution in [0, 0.1) is 11.3 Å². The van der Waals surface area contributed by atoms with Gasteiger partial charge in [-0.15, -0.1) is 0 Å². The number of carboxylic acids is 1. The van der Waals surface area contributed by atoms with Crippen molar-refractivity contribution in [3.8, 4) is 6.07 Å². The van der Waals surface area contributed by atoms with E-state index >= 15 is 0 Å². The van der Waals surface area contributed by atoms with Crippen molar-refractivity contribution in [2.24, 2.45) is 0 Å². The van der Waals surface area contributed by atoms with Crippen LogP contribution in [-0.2, 0) is 6.18 Å². The molecule has 18 heavy (non-hydrogen) atoms. The van der Waals surface area contributed by atoms with Gasteiger partial charge in [-0.05, 0) is 0 Å². The van der Waals surface area contributed by atoms with Crippen LogP contribution in [0.4, 0.5) is 13.2 Å². The van der Waals surface area contributed by atoms with Crippen molar-refractivity contribution in [1.29, 1.82) is 5.26 Å². The Labute approximate surface area is 96.9 Å². The number of halogens is 3. The molecule has 0 radical (unpaired) electrons. The van der Waals surface area contributed by atoms with E-state index in [1.807, 2.05) is 0 Å². The van der Waals surface area contributed by atoms with E-state index in [-0.39, 0.29) is 5.56 Å². The van der Waals surface area contributed by atoms with E-state index in [0.29, 0.717) is 10.6 Å². The third-order valence-electron chi connectivity index (χ3n) is 2.10. The molecule has 0 bridgehead atoms. The molecule has 0 atom stereocenters.